The molecule has 1 saturated heterocycles. The Morgan fingerprint density at radius 2 is 1.94 bits per heavy atom. The van der Waals surface area contributed by atoms with Gasteiger partial charge in [-0.25, -0.2) is 4.98 Å². The second kappa shape index (κ2) is 9.22. The minimum atomic E-state index is -4.54. The molecule has 0 radical (unpaired) electrons. The number of hydrogen-bond donors (Lipinski definition) is 1. The van der Waals surface area contributed by atoms with Gasteiger partial charge in [0.25, 0.3) is 5.56 Å². The lowest BCUT2D eigenvalue weighted by molar-refractivity contribution is -0.137. The van der Waals surface area contributed by atoms with Crippen molar-refractivity contribution in [1.82, 2.24) is 9.55 Å². The van der Waals surface area contributed by atoms with Crippen molar-refractivity contribution in [2.45, 2.75) is 26.1 Å². The van der Waals surface area contributed by atoms with Crippen molar-refractivity contribution in [1.29, 1.82) is 0 Å². The molecule has 1 N–H and O–H groups in total. The van der Waals surface area contributed by atoms with Gasteiger partial charge in [0.05, 0.1) is 47.4 Å². The van der Waals surface area contributed by atoms with Gasteiger partial charge in [0.15, 0.2) is 0 Å². The quantitative estimate of drug-likeness (QED) is 0.630. The third-order valence-corrected chi connectivity index (χ3v) is 5.58. The summed E-state index contributed by atoms with van der Waals surface area (Å²) >= 11 is 0. The normalized spacial score (nSPS) is 14.5. The molecule has 1 aromatic heterocycles. The number of carbonyl (C=O) groups is 1. The number of ether oxygens (including phenoxy) is 1. The van der Waals surface area contributed by atoms with Crippen LogP contribution in [0.15, 0.2) is 47.5 Å². The largest absolute Gasteiger partial charge is 0.416 e. The van der Waals surface area contributed by atoms with E-state index in [1.807, 2.05) is 17.9 Å². The first-order valence-electron chi connectivity index (χ1n) is 10.5. The number of benzene rings is 2. The number of amides is 1. The molecule has 1 amide bonds. The maximum Gasteiger partial charge on any atom is 0.416 e. The summed E-state index contributed by atoms with van der Waals surface area (Å²) in [5.41, 5.74) is 0.928. The van der Waals surface area contributed by atoms with E-state index < -0.39 is 17.6 Å². The van der Waals surface area contributed by atoms with Crippen LogP contribution in [-0.4, -0.2) is 41.8 Å². The first-order valence-corrected chi connectivity index (χ1v) is 10.5. The molecule has 3 aromatic rings. The first-order chi connectivity index (χ1) is 15.7. The lowest BCUT2D eigenvalue weighted by atomic mass is 10.1. The number of carbonyl (C=O) groups excluding carboxylic acids is 1. The highest BCUT2D eigenvalue weighted by atomic mass is 19.4. The third kappa shape index (κ3) is 5.00. The van der Waals surface area contributed by atoms with Gasteiger partial charge < -0.3 is 15.0 Å². The van der Waals surface area contributed by atoms with Crippen LogP contribution in [-0.2, 0) is 22.3 Å². The molecule has 1 aliphatic heterocycles. The van der Waals surface area contributed by atoms with E-state index in [1.54, 1.807) is 12.1 Å². The van der Waals surface area contributed by atoms with Crippen LogP contribution in [0.25, 0.3) is 10.9 Å². The average molecular weight is 460 g/mol. The minimum absolute atomic E-state index is 0.0490. The zero-order valence-corrected chi connectivity index (χ0v) is 18.0. The number of para-hydroxylation sites is 1. The molecule has 0 spiro atoms. The van der Waals surface area contributed by atoms with Crippen molar-refractivity contribution in [3.63, 3.8) is 0 Å². The van der Waals surface area contributed by atoms with Gasteiger partial charge in [0, 0.05) is 26.1 Å². The number of aromatic nitrogens is 2. The molecule has 174 valence electrons. The zero-order chi connectivity index (χ0) is 23.6. The summed E-state index contributed by atoms with van der Waals surface area (Å²) in [5.74, 6) is -0.500. The molecule has 0 atom stereocenters. The summed E-state index contributed by atoms with van der Waals surface area (Å²) in [4.78, 5) is 31.5. The van der Waals surface area contributed by atoms with E-state index in [2.05, 4.69) is 10.3 Å². The summed E-state index contributed by atoms with van der Waals surface area (Å²) in [6, 6.07) is 8.60. The molecule has 1 fully saturated rings. The van der Waals surface area contributed by atoms with Gasteiger partial charge in [-0.2, -0.15) is 13.2 Å². The van der Waals surface area contributed by atoms with Gasteiger partial charge in [-0.15, -0.1) is 0 Å². The van der Waals surface area contributed by atoms with Crippen LogP contribution < -0.4 is 15.8 Å². The Hall–Kier alpha value is -3.40. The molecule has 0 unspecified atom stereocenters. The van der Waals surface area contributed by atoms with Crippen molar-refractivity contribution in [3.05, 3.63) is 64.2 Å². The molecule has 0 saturated carbocycles. The predicted molar refractivity (Wildman–Crippen MR) is 118 cm³/mol. The van der Waals surface area contributed by atoms with Gasteiger partial charge in [0.1, 0.15) is 0 Å². The Labute approximate surface area is 187 Å². The number of morpholine rings is 1. The first kappa shape index (κ1) is 22.8. The van der Waals surface area contributed by atoms with Crippen molar-refractivity contribution in [3.8, 4) is 0 Å². The van der Waals surface area contributed by atoms with Gasteiger partial charge in [0.2, 0.25) is 5.91 Å². The SMILES string of the molecule is Cc1cccc2c(=O)n(CCC(=O)Nc3cc(C(F)(F)F)ccc3N3CCOCC3)cnc12. The topological polar surface area (TPSA) is 76.5 Å². The van der Waals surface area contributed by atoms with Crippen LogP contribution in [0.2, 0.25) is 0 Å². The fourth-order valence-electron chi connectivity index (χ4n) is 3.82. The number of alkyl halides is 3. The van der Waals surface area contributed by atoms with Gasteiger partial charge >= 0.3 is 6.18 Å². The Morgan fingerprint density at radius 3 is 2.67 bits per heavy atom. The molecule has 4 rings (SSSR count). The summed E-state index contributed by atoms with van der Waals surface area (Å²) in [6.07, 6.45) is -3.25. The lowest BCUT2D eigenvalue weighted by Crippen LogP contribution is -2.37. The van der Waals surface area contributed by atoms with E-state index in [-0.39, 0.29) is 24.2 Å². The van der Waals surface area contributed by atoms with Gasteiger partial charge in [-0.05, 0) is 36.8 Å². The highest BCUT2D eigenvalue weighted by Crippen LogP contribution is 2.35. The molecule has 2 aromatic carbocycles. The summed E-state index contributed by atoms with van der Waals surface area (Å²) in [5, 5.41) is 3.05. The molecule has 2 heterocycles. The number of fused-ring (bicyclic) bond motifs is 1. The van der Waals surface area contributed by atoms with Crippen LogP contribution in [0.4, 0.5) is 24.5 Å². The molecule has 33 heavy (non-hydrogen) atoms. The highest BCUT2D eigenvalue weighted by molar-refractivity contribution is 5.94. The lowest BCUT2D eigenvalue weighted by Gasteiger charge is -2.31. The number of nitrogens with one attached hydrogen (secondary N) is 1. The molecule has 7 nitrogen and oxygen atoms in total. The minimum Gasteiger partial charge on any atom is -0.378 e. The average Bonchev–Trinajstić information content (AvgIpc) is 2.79. The summed E-state index contributed by atoms with van der Waals surface area (Å²) in [7, 11) is 0. The maximum absolute atomic E-state index is 13.3. The van der Waals surface area contributed by atoms with Crippen LogP contribution in [0.3, 0.4) is 0 Å². The second-order valence-corrected chi connectivity index (χ2v) is 7.84. The van der Waals surface area contributed by atoms with Crippen LogP contribution in [0.1, 0.15) is 17.5 Å². The fraction of sp³-hybridized carbons (Fsp3) is 0.348. The molecule has 0 aliphatic carbocycles. The standard InChI is InChI=1S/C23H23F3N4O3/c1-15-3-2-4-17-21(15)27-14-30(22(17)32)8-7-20(31)28-18-13-16(23(24,25)26)5-6-19(18)29-9-11-33-12-10-29/h2-6,13-14H,7-12H2,1H3,(H,28,31). The second-order valence-electron chi connectivity index (χ2n) is 7.84. The predicted octanol–water partition coefficient (Wildman–Crippen LogP) is 3.59. The Bertz CT molecular complexity index is 1230. The van der Waals surface area contributed by atoms with Crippen LogP contribution in [0, 0.1) is 6.92 Å². The van der Waals surface area contributed by atoms with Crippen molar-refractivity contribution in [2.24, 2.45) is 0 Å². The van der Waals surface area contributed by atoms with E-state index in [4.69, 9.17) is 4.74 Å². The number of halogens is 3. The van der Waals surface area contributed by atoms with Gasteiger partial charge in [-0.1, -0.05) is 12.1 Å². The zero-order valence-electron chi connectivity index (χ0n) is 18.0. The monoisotopic (exact) mass is 460 g/mol. The van der Waals surface area contributed by atoms with Crippen molar-refractivity contribution < 1.29 is 22.7 Å². The molecule has 1 aliphatic rings. The fourth-order valence-corrected chi connectivity index (χ4v) is 3.82. The van der Waals surface area contributed by atoms with E-state index in [1.165, 1.54) is 17.0 Å². The Balaban J connectivity index is 1.53. The number of hydrogen-bond acceptors (Lipinski definition) is 5. The van der Waals surface area contributed by atoms with Gasteiger partial charge in [-0.3, -0.25) is 14.2 Å². The summed E-state index contributed by atoms with van der Waals surface area (Å²) < 4.78 is 46.4. The van der Waals surface area contributed by atoms with E-state index in [0.717, 1.165) is 17.7 Å². The Morgan fingerprint density at radius 1 is 1.18 bits per heavy atom. The molecular formula is C23H23F3N4O3. The molecular weight excluding hydrogens is 437 g/mol. The van der Waals surface area contributed by atoms with Crippen LogP contribution in [0.5, 0.6) is 0 Å². The number of anilines is 2. The highest BCUT2D eigenvalue weighted by Gasteiger charge is 2.32. The number of aryl methyl sites for hydroxylation is 2. The van der Waals surface area contributed by atoms with Crippen molar-refractivity contribution in [2.75, 3.05) is 36.5 Å². The number of rotatable bonds is 5. The van der Waals surface area contributed by atoms with E-state index in [9.17, 15) is 22.8 Å². The maximum atomic E-state index is 13.3. The molecule has 0 bridgehead atoms. The van der Waals surface area contributed by atoms with Crippen LogP contribution >= 0.6 is 0 Å². The van der Waals surface area contributed by atoms with Crippen molar-refractivity contribution >= 4 is 28.2 Å². The number of nitrogens with zero attached hydrogens (tertiary/aromatic N) is 3. The van der Waals surface area contributed by atoms with E-state index in [0.29, 0.717) is 42.9 Å². The third-order valence-electron chi connectivity index (χ3n) is 5.58. The Kier molecular flexibility index (Phi) is 6.37. The molecule has 10 heteroatoms. The van der Waals surface area contributed by atoms with E-state index >= 15 is 0 Å². The summed E-state index contributed by atoms with van der Waals surface area (Å²) in [6.45, 7) is 3.82. The smallest absolute Gasteiger partial charge is 0.378 e.